The molecule has 5 nitrogen and oxygen atoms in total. The number of anilines is 1. The maximum absolute atomic E-state index is 11.9. The fraction of sp³-hybridized carbons (Fsp3) is 0.417. The van der Waals surface area contributed by atoms with Crippen LogP contribution < -0.4 is 11.1 Å². The standard InChI is InChI=1S/C12H14Cl2N2O3/c13-8-3-7(4-9(14)10(8)15)11(17)16-5-12(18)1-2-19-6-12/h3-4,18H,1-2,5-6,15H2,(H,16,17). The second kappa shape index (κ2) is 5.54. The number of aliphatic hydroxyl groups is 1. The van der Waals surface area contributed by atoms with E-state index < -0.39 is 5.60 Å². The number of carbonyl (C=O) groups is 1. The Morgan fingerprint density at radius 3 is 2.63 bits per heavy atom. The highest BCUT2D eigenvalue weighted by molar-refractivity contribution is 6.39. The fourth-order valence-electron chi connectivity index (χ4n) is 1.80. The first-order chi connectivity index (χ1) is 8.91. The molecule has 19 heavy (non-hydrogen) atoms. The van der Waals surface area contributed by atoms with Crippen LogP contribution in [-0.4, -0.2) is 36.4 Å². The van der Waals surface area contributed by atoms with Crippen molar-refractivity contribution in [2.24, 2.45) is 0 Å². The van der Waals surface area contributed by atoms with Crippen LogP contribution >= 0.6 is 23.2 Å². The molecule has 0 aliphatic carbocycles. The third-order valence-corrected chi connectivity index (χ3v) is 3.63. The van der Waals surface area contributed by atoms with Gasteiger partial charge in [0, 0.05) is 25.1 Å². The largest absolute Gasteiger partial charge is 0.396 e. The Kier molecular flexibility index (Phi) is 4.20. The van der Waals surface area contributed by atoms with Gasteiger partial charge in [0.15, 0.2) is 0 Å². The van der Waals surface area contributed by atoms with Gasteiger partial charge >= 0.3 is 0 Å². The highest BCUT2D eigenvalue weighted by atomic mass is 35.5. The summed E-state index contributed by atoms with van der Waals surface area (Å²) < 4.78 is 5.09. The zero-order valence-electron chi connectivity index (χ0n) is 10.1. The minimum Gasteiger partial charge on any atom is -0.396 e. The van der Waals surface area contributed by atoms with Crippen molar-refractivity contribution < 1.29 is 14.6 Å². The Morgan fingerprint density at radius 2 is 2.11 bits per heavy atom. The topological polar surface area (TPSA) is 84.6 Å². The maximum atomic E-state index is 11.9. The van der Waals surface area contributed by atoms with E-state index in [1.165, 1.54) is 12.1 Å². The van der Waals surface area contributed by atoms with Crippen molar-refractivity contribution >= 4 is 34.8 Å². The second-order valence-electron chi connectivity index (χ2n) is 4.56. The number of halogens is 2. The van der Waals surface area contributed by atoms with Crippen molar-refractivity contribution in [2.75, 3.05) is 25.5 Å². The molecule has 1 aromatic carbocycles. The van der Waals surface area contributed by atoms with Crippen LogP contribution in [0.2, 0.25) is 10.0 Å². The van der Waals surface area contributed by atoms with Crippen molar-refractivity contribution in [3.05, 3.63) is 27.7 Å². The van der Waals surface area contributed by atoms with Crippen LogP contribution in [0.25, 0.3) is 0 Å². The Labute approximate surface area is 120 Å². The molecule has 1 unspecified atom stereocenters. The number of nitrogen functional groups attached to an aromatic ring is 1. The van der Waals surface area contributed by atoms with Gasteiger partial charge in [-0.2, -0.15) is 0 Å². The Balaban J connectivity index is 2.04. The first-order valence-electron chi connectivity index (χ1n) is 5.74. The van der Waals surface area contributed by atoms with Gasteiger partial charge in [0.05, 0.1) is 22.3 Å². The van der Waals surface area contributed by atoms with Crippen LogP contribution in [0.15, 0.2) is 12.1 Å². The van der Waals surface area contributed by atoms with Gasteiger partial charge in [-0.3, -0.25) is 4.79 Å². The van der Waals surface area contributed by atoms with Crippen LogP contribution in [-0.2, 0) is 4.74 Å². The number of carbonyl (C=O) groups excluding carboxylic acids is 1. The summed E-state index contributed by atoms with van der Waals surface area (Å²) in [7, 11) is 0. The number of nitrogens with two attached hydrogens (primary N) is 1. The lowest BCUT2D eigenvalue weighted by atomic mass is 10.0. The molecule has 4 N–H and O–H groups in total. The molecule has 7 heteroatoms. The number of benzene rings is 1. The van der Waals surface area contributed by atoms with Gasteiger partial charge in [-0.15, -0.1) is 0 Å². The van der Waals surface area contributed by atoms with E-state index in [1.54, 1.807) is 0 Å². The molecule has 0 radical (unpaired) electrons. The lowest BCUT2D eigenvalue weighted by Gasteiger charge is -2.20. The quantitative estimate of drug-likeness (QED) is 0.738. The lowest BCUT2D eigenvalue weighted by molar-refractivity contribution is 0.0264. The van der Waals surface area contributed by atoms with E-state index in [2.05, 4.69) is 5.32 Å². The molecule has 0 aromatic heterocycles. The second-order valence-corrected chi connectivity index (χ2v) is 5.38. The van der Waals surface area contributed by atoms with Crippen LogP contribution in [0.3, 0.4) is 0 Å². The Morgan fingerprint density at radius 1 is 1.47 bits per heavy atom. The fourth-order valence-corrected chi connectivity index (χ4v) is 2.29. The first kappa shape index (κ1) is 14.4. The van der Waals surface area contributed by atoms with E-state index in [0.717, 1.165) is 0 Å². The van der Waals surface area contributed by atoms with E-state index in [0.29, 0.717) is 18.6 Å². The van der Waals surface area contributed by atoms with Crippen LogP contribution in [0.4, 0.5) is 5.69 Å². The zero-order valence-corrected chi connectivity index (χ0v) is 11.6. The van der Waals surface area contributed by atoms with Gasteiger partial charge in [-0.05, 0) is 12.1 Å². The Hall–Kier alpha value is -1.01. The molecule has 1 aromatic rings. The van der Waals surface area contributed by atoms with Gasteiger partial charge in [-0.1, -0.05) is 23.2 Å². The first-order valence-corrected chi connectivity index (χ1v) is 6.50. The molecule has 1 atom stereocenters. The molecule has 1 fully saturated rings. The van der Waals surface area contributed by atoms with Gasteiger partial charge in [0.2, 0.25) is 0 Å². The summed E-state index contributed by atoms with van der Waals surface area (Å²) in [4.78, 5) is 11.9. The van der Waals surface area contributed by atoms with Crippen molar-refractivity contribution in [1.82, 2.24) is 5.32 Å². The number of rotatable bonds is 3. The third kappa shape index (κ3) is 3.30. The molecule has 1 saturated heterocycles. The molecule has 1 amide bonds. The summed E-state index contributed by atoms with van der Waals surface area (Å²) in [5.41, 5.74) is 5.13. The molecule has 0 bridgehead atoms. The van der Waals surface area contributed by atoms with E-state index in [1.807, 2.05) is 0 Å². The van der Waals surface area contributed by atoms with Gasteiger partial charge in [-0.25, -0.2) is 0 Å². The van der Waals surface area contributed by atoms with Gasteiger partial charge < -0.3 is 20.9 Å². The molecule has 104 valence electrons. The minimum absolute atomic E-state index is 0.117. The monoisotopic (exact) mass is 304 g/mol. The lowest BCUT2D eigenvalue weighted by Crippen LogP contribution is -2.43. The summed E-state index contributed by atoms with van der Waals surface area (Å²) in [6.07, 6.45) is 0.497. The SMILES string of the molecule is Nc1c(Cl)cc(C(=O)NCC2(O)CCOC2)cc1Cl. The number of ether oxygens (including phenoxy) is 1. The van der Waals surface area contributed by atoms with Gasteiger partial charge in [0.1, 0.15) is 5.60 Å². The van der Waals surface area contributed by atoms with Gasteiger partial charge in [0.25, 0.3) is 5.91 Å². The van der Waals surface area contributed by atoms with E-state index in [4.69, 9.17) is 33.7 Å². The normalized spacial score (nSPS) is 22.5. The van der Waals surface area contributed by atoms with Crippen molar-refractivity contribution in [1.29, 1.82) is 0 Å². The number of hydrogen-bond acceptors (Lipinski definition) is 4. The molecule has 1 heterocycles. The Bertz CT molecular complexity index is 479. The maximum Gasteiger partial charge on any atom is 0.251 e. The summed E-state index contributed by atoms with van der Waals surface area (Å²) in [5.74, 6) is -0.371. The molecular formula is C12H14Cl2N2O3. The van der Waals surface area contributed by atoms with Crippen molar-refractivity contribution in [3.8, 4) is 0 Å². The van der Waals surface area contributed by atoms with Crippen molar-refractivity contribution in [3.63, 3.8) is 0 Å². The average molecular weight is 305 g/mol. The van der Waals surface area contributed by atoms with E-state index in [9.17, 15) is 9.90 Å². The van der Waals surface area contributed by atoms with Crippen LogP contribution in [0.1, 0.15) is 16.8 Å². The molecule has 2 rings (SSSR count). The number of nitrogens with one attached hydrogen (secondary N) is 1. The zero-order chi connectivity index (χ0) is 14.0. The number of amides is 1. The third-order valence-electron chi connectivity index (χ3n) is 3.00. The summed E-state index contributed by atoms with van der Waals surface area (Å²) in [6.45, 7) is 0.827. The van der Waals surface area contributed by atoms with Crippen molar-refractivity contribution in [2.45, 2.75) is 12.0 Å². The number of hydrogen-bond donors (Lipinski definition) is 3. The predicted octanol–water partition coefficient (Wildman–Crippen LogP) is 1.46. The average Bonchev–Trinajstić information content (AvgIpc) is 2.80. The highest BCUT2D eigenvalue weighted by Crippen LogP contribution is 2.28. The molecule has 1 aliphatic rings. The summed E-state index contributed by atoms with van der Waals surface area (Å²) in [6, 6.07) is 2.88. The van der Waals surface area contributed by atoms with Crippen LogP contribution in [0, 0.1) is 0 Å². The van der Waals surface area contributed by atoms with Crippen LogP contribution in [0.5, 0.6) is 0 Å². The molecule has 0 spiro atoms. The molecular weight excluding hydrogens is 291 g/mol. The summed E-state index contributed by atoms with van der Waals surface area (Å²) in [5, 5.41) is 13.1. The highest BCUT2D eigenvalue weighted by Gasteiger charge is 2.32. The predicted molar refractivity (Wildman–Crippen MR) is 73.6 cm³/mol. The summed E-state index contributed by atoms with van der Waals surface area (Å²) >= 11 is 11.7. The smallest absolute Gasteiger partial charge is 0.251 e. The molecule has 1 aliphatic heterocycles. The van der Waals surface area contributed by atoms with E-state index >= 15 is 0 Å². The molecule has 0 saturated carbocycles. The van der Waals surface area contributed by atoms with E-state index in [-0.39, 0.29) is 34.8 Å². The minimum atomic E-state index is -1.00.